The number of hydrogen-bond donors (Lipinski definition) is 0. The molecule has 1 aromatic heterocycles. The lowest BCUT2D eigenvalue weighted by Gasteiger charge is -2.18. The lowest BCUT2D eigenvalue weighted by Crippen LogP contribution is -2.23. The van der Waals surface area contributed by atoms with Crippen molar-refractivity contribution >= 4 is 11.0 Å². The van der Waals surface area contributed by atoms with Crippen molar-refractivity contribution in [2.24, 2.45) is 11.8 Å². The molecule has 2 aliphatic rings. The van der Waals surface area contributed by atoms with Crippen LogP contribution in [-0.4, -0.2) is 27.5 Å². The van der Waals surface area contributed by atoms with Crippen molar-refractivity contribution in [3.05, 3.63) is 30.1 Å². The number of imidazole rings is 1. The quantitative estimate of drug-likeness (QED) is 0.848. The fourth-order valence-corrected chi connectivity index (χ4v) is 4.27. The molecule has 0 N–H and O–H groups in total. The number of likely N-dealkylation sites (tertiary alicyclic amines) is 1. The van der Waals surface area contributed by atoms with E-state index < -0.39 is 0 Å². The molecule has 0 spiro atoms. The summed E-state index contributed by atoms with van der Waals surface area (Å²) in [5.41, 5.74) is 2.50. The minimum atomic E-state index is 0.840. The second kappa shape index (κ2) is 6.04. The van der Waals surface area contributed by atoms with Gasteiger partial charge in [-0.15, -0.1) is 0 Å². The molecule has 1 aliphatic heterocycles. The zero-order valence-electron chi connectivity index (χ0n) is 13.7. The molecule has 4 rings (SSSR count). The Labute approximate surface area is 133 Å². The summed E-state index contributed by atoms with van der Waals surface area (Å²) >= 11 is 0. The first kappa shape index (κ1) is 14.3. The average molecular weight is 297 g/mol. The zero-order valence-corrected chi connectivity index (χ0v) is 13.7. The molecule has 1 saturated carbocycles. The largest absolute Gasteiger partial charge is 0.327 e. The van der Waals surface area contributed by atoms with Crippen molar-refractivity contribution in [3.63, 3.8) is 0 Å². The van der Waals surface area contributed by atoms with E-state index in [9.17, 15) is 0 Å². The second-order valence-corrected chi connectivity index (χ2v) is 7.41. The van der Waals surface area contributed by atoms with Crippen molar-refractivity contribution < 1.29 is 0 Å². The first-order valence-corrected chi connectivity index (χ1v) is 8.96. The number of benzene rings is 1. The summed E-state index contributed by atoms with van der Waals surface area (Å²) in [7, 11) is 0. The van der Waals surface area contributed by atoms with E-state index in [1.54, 1.807) is 0 Å². The van der Waals surface area contributed by atoms with Crippen molar-refractivity contribution in [1.82, 2.24) is 14.5 Å². The third-order valence-electron chi connectivity index (χ3n) is 5.52. The molecule has 118 valence electrons. The molecule has 1 unspecified atom stereocenters. The highest BCUT2D eigenvalue weighted by Gasteiger charge is 2.23. The maximum Gasteiger partial charge on any atom is 0.124 e. The maximum absolute atomic E-state index is 4.96. The van der Waals surface area contributed by atoms with Crippen LogP contribution in [0.25, 0.3) is 11.0 Å². The monoisotopic (exact) mass is 297 g/mol. The number of para-hydroxylation sites is 2. The second-order valence-electron chi connectivity index (χ2n) is 7.41. The van der Waals surface area contributed by atoms with Crippen LogP contribution in [0.3, 0.4) is 0 Å². The Balaban J connectivity index is 1.63. The summed E-state index contributed by atoms with van der Waals surface area (Å²) in [5.74, 6) is 2.98. The molecule has 1 atom stereocenters. The standard InChI is InChI=1S/C19H27N3/c1-15-10-11-21(12-15)14-19-20-17-8-4-5-9-18(17)22(19)13-16-6-2-3-7-16/h4-5,8-9,15-16H,2-3,6-7,10-14H2,1H3. The summed E-state index contributed by atoms with van der Waals surface area (Å²) in [6, 6.07) is 8.66. The van der Waals surface area contributed by atoms with Crippen LogP contribution in [0.1, 0.15) is 44.9 Å². The third-order valence-corrected chi connectivity index (χ3v) is 5.52. The van der Waals surface area contributed by atoms with Gasteiger partial charge in [0, 0.05) is 13.1 Å². The Morgan fingerprint density at radius 3 is 2.73 bits per heavy atom. The molecule has 22 heavy (non-hydrogen) atoms. The number of rotatable bonds is 4. The summed E-state index contributed by atoms with van der Waals surface area (Å²) < 4.78 is 2.52. The normalized spacial score (nSPS) is 23.8. The van der Waals surface area contributed by atoms with E-state index in [-0.39, 0.29) is 0 Å². The van der Waals surface area contributed by atoms with E-state index >= 15 is 0 Å². The van der Waals surface area contributed by atoms with E-state index in [1.807, 2.05) is 0 Å². The van der Waals surface area contributed by atoms with Gasteiger partial charge in [-0.25, -0.2) is 4.98 Å². The topological polar surface area (TPSA) is 21.1 Å². The van der Waals surface area contributed by atoms with Crippen LogP contribution >= 0.6 is 0 Å². The molecule has 1 saturated heterocycles. The molecule has 0 bridgehead atoms. The number of fused-ring (bicyclic) bond motifs is 1. The van der Waals surface area contributed by atoms with Gasteiger partial charge >= 0.3 is 0 Å². The van der Waals surface area contributed by atoms with E-state index in [0.29, 0.717) is 0 Å². The molecular formula is C19H27N3. The van der Waals surface area contributed by atoms with Crippen LogP contribution in [0, 0.1) is 11.8 Å². The highest BCUT2D eigenvalue weighted by molar-refractivity contribution is 5.75. The van der Waals surface area contributed by atoms with Gasteiger partial charge < -0.3 is 4.57 Å². The minimum Gasteiger partial charge on any atom is -0.327 e. The van der Waals surface area contributed by atoms with Crippen LogP contribution in [-0.2, 0) is 13.1 Å². The van der Waals surface area contributed by atoms with Crippen molar-refractivity contribution in [2.45, 2.75) is 52.1 Å². The summed E-state index contributed by atoms with van der Waals surface area (Å²) in [6.07, 6.45) is 6.95. The Hall–Kier alpha value is -1.35. The van der Waals surface area contributed by atoms with E-state index in [4.69, 9.17) is 4.98 Å². The van der Waals surface area contributed by atoms with E-state index in [2.05, 4.69) is 40.7 Å². The predicted molar refractivity (Wildman–Crippen MR) is 90.7 cm³/mol. The van der Waals surface area contributed by atoms with Gasteiger partial charge in [0.2, 0.25) is 0 Å². The SMILES string of the molecule is CC1CCN(Cc2nc3ccccc3n2CC2CCCC2)C1. The molecule has 2 aromatic rings. The Morgan fingerprint density at radius 2 is 1.95 bits per heavy atom. The lowest BCUT2D eigenvalue weighted by molar-refractivity contribution is 0.303. The molecule has 2 heterocycles. The maximum atomic E-state index is 4.96. The van der Waals surface area contributed by atoms with Gasteiger partial charge in [-0.1, -0.05) is 31.9 Å². The summed E-state index contributed by atoms with van der Waals surface area (Å²) in [4.78, 5) is 7.54. The fourth-order valence-electron chi connectivity index (χ4n) is 4.27. The molecule has 0 amide bonds. The molecular weight excluding hydrogens is 270 g/mol. The Bertz CT molecular complexity index is 639. The van der Waals surface area contributed by atoms with Gasteiger partial charge in [0.25, 0.3) is 0 Å². The summed E-state index contributed by atoms with van der Waals surface area (Å²) in [6.45, 7) is 7.01. The van der Waals surface area contributed by atoms with Crippen molar-refractivity contribution in [2.75, 3.05) is 13.1 Å². The van der Waals surface area contributed by atoms with Gasteiger partial charge in [0.05, 0.1) is 17.6 Å². The highest BCUT2D eigenvalue weighted by atomic mass is 15.2. The van der Waals surface area contributed by atoms with Gasteiger partial charge in [-0.2, -0.15) is 0 Å². The van der Waals surface area contributed by atoms with Crippen LogP contribution in [0.15, 0.2) is 24.3 Å². The van der Waals surface area contributed by atoms with Crippen molar-refractivity contribution in [3.8, 4) is 0 Å². The minimum absolute atomic E-state index is 0.840. The molecule has 3 nitrogen and oxygen atoms in total. The molecule has 1 aromatic carbocycles. The predicted octanol–water partition coefficient (Wildman–Crippen LogP) is 4.07. The smallest absolute Gasteiger partial charge is 0.124 e. The first-order chi connectivity index (χ1) is 10.8. The highest BCUT2D eigenvalue weighted by Crippen LogP contribution is 2.29. The van der Waals surface area contributed by atoms with Gasteiger partial charge in [0.15, 0.2) is 0 Å². The average Bonchev–Trinajstić information content (AvgIpc) is 3.23. The van der Waals surface area contributed by atoms with Gasteiger partial charge in [-0.3, -0.25) is 4.90 Å². The molecule has 2 fully saturated rings. The Kier molecular flexibility index (Phi) is 3.91. The first-order valence-electron chi connectivity index (χ1n) is 8.96. The van der Waals surface area contributed by atoms with E-state index in [1.165, 1.54) is 68.6 Å². The molecule has 0 radical (unpaired) electrons. The van der Waals surface area contributed by atoms with Crippen LogP contribution in [0.2, 0.25) is 0 Å². The van der Waals surface area contributed by atoms with Crippen LogP contribution in [0.5, 0.6) is 0 Å². The van der Waals surface area contributed by atoms with Gasteiger partial charge in [-0.05, 0) is 49.8 Å². The van der Waals surface area contributed by atoms with Crippen molar-refractivity contribution in [1.29, 1.82) is 0 Å². The van der Waals surface area contributed by atoms with Crippen LogP contribution < -0.4 is 0 Å². The lowest BCUT2D eigenvalue weighted by atomic mass is 10.1. The molecule has 1 aliphatic carbocycles. The van der Waals surface area contributed by atoms with E-state index in [0.717, 1.165) is 18.4 Å². The molecule has 3 heteroatoms. The Morgan fingerprint density at radius 1 is 1.14 bits per heavy atom. The fraction of sp³-hybridized carbons (Fsp3) is 0.632. The zero-order chi connectivity index (χ0) is 14.9. The van der Waals surface area contributed by atoms with Crippen LogP contribution in [0.4, 0.5) is 0 Å². The number of hydrogen-bond acceptors (Lipinski definition) is 2. The number of aromatic nitrogens is 2. The number of nitrogens with zero attached hydrogens (tertiary/aromatic N) is 3. The van der Waals surface area contributed by atoms with Gasteiger partial charge in [0.1, 0.15) is 5.82 Å². The third kappa shape index (κ3) is 2.79. The summed E-state index contributed by atoms with van der Waals surface area (Å²) in [5, 5.41) is 0.